The molecule has 0 bridgehead atoms. The van der Waals surface area contributed by atoms with Gasteiger partial charge in [0.15, 0.2) is 5.82 Å². The quantitative estimate of drug-likeness (QED) is 0.307. The second-order valence-electron chi connectivity index (χ2n) is 20.9. The summed E-state index contributed by atoms with van der Waals surface area (Å²) in [5.74, 6) is 0.946. The molecule has 2 aliphatic rings. The molecule has 2 N–H and O–H groups in total. The molecule has 1 aliphatic carbocycles. The van der Waals surface area contributed by atoms with Crippen LogP contribution in [0.15, 0.2) is 18.6 Å². The topological polar surface area (TPSA) is 112 Å². The summed E-state index contributed by atoms with van der Waals surface area (Å²) in [6, 6.07) is 2.10. The minimum absolute atomic E-state index is 0.0257. The Hall–Kier alpha value is -2.86. The largest absolute Gasteiger partial charge is 0.364 e. The van der Waals surface area contributed by atoms with Gasteiger partial charge in [0.05, 0.1) is 30.2 Å². The van der Waals surface area contributed by atoms with E-state index in [1.54, 1.807) is 17.1 Å². The Labute approximate surface area is 409 Å². The number of aryl methyl sites for hydroxylation is 1. The maximum atomic E-state index is 13.4. The molecule has 2 fully saturated rings. The molecular weight excluding hydrogens is 836 g/mol. The normalized spacial score (nSPS) is 22.3. The number of nitriles is 1. The number of aromatic nitrogens is 4. The molecule has 66 heavy (non-hydrogen) atoms. The molecule has 1 atom stereocenters. The number of halogens is 1. The molecule has 1 aliphatic heterocycles. The van der Waals surface area contributed by atoms with Crippen LogP contribution < -0.4 is 10.6 Å². The van der Waals surface area contributed by atoms with Gasteiger partial charge in [-0.3, -0.25) is 9.48 Å². The Bertz CT molecular complexity index is 1520. The molecule has 9 nitrogen and oxygen atoms in total. The van der Waals surface area contributed by atoms with Crippen LogP contribution in [0.5, 0.6) is 0 Å². The van der Waals surface area contributed by atoms with Gasteiger partial charge in [0.25, 0.3) is 0 Å². The highest BCUT2D eigenvalue weighted by Crippen LogP contribution is 2.43. The Morgan fingerprint density at radius 2 is 0.985 bits per heavy atom. The zero-order chi connectivity index (χ0) is 46.6. The van der Waals surface area contributed by atoms with Crippen LogP contribution in [0.2, 0.25) is 5.02 Å². The summed E-state index contributed by atoms with van der Waals surface area (Å²) in [7, 11) is 1.88. The molecule has 4 rings (SSSR count). The van der Waals surface area contributed by atoms with Gasteiger partial charge in [-0.2, -0.15) is 15.3 Å². The fourth-order valence-electron chi connectivity index (χ4n) is 11.0. The monoisotopic (exact) mass is 933 g/mol. The molecule has 374 valence electrons. The van der Waals surface area contributed by atoms with Crippen molar-refractivity contribution < 1.29 is 4.79 Å². The molecule has 3 heterocycles. The molecule has 1 saturated carbocycles. The molecular formula is C56H97ClN8O. The highest BCUT2D eigenvalue weighted by Gasteiger charge is 2.47. The summed E-state index contributed by atoms with van der Waals surface area (Å²) in [6.07, 6.45) is 61.4. The molecule has 10 heteroatoms. The van der Waals surface area contributed by atoms with E-state index in [4.69, 9.17) is 16.6 Å². The first-order chi connectivity index (χ1) is 32.5. The van der Waals surface area contributed by atoms with Crippen molar-refractivity contribution in [2.45, 2.75) is 276 Å². The van der Waals surface area contributed by atoms with E-state index in [-0.39, 0.29) is 23.8 Å². The van der Waals surface area contributed by atoms with Gasteiger partial charge in [-0.15, -0.1) is 0 Å². The van der Waals surface area contributed by atoms with Gasteiger partial charge in [-0.25, -0.2) is 4.98 Å². The number of carbonyl (C=O) groups excluding carboxylic acids is 1. The van der Waals surface area contributed by atoms with E-state index in [0.29, 0.717) is 29.9 Å². The molecule has 2 aromatic heterocycles. The molecule has 1 saturated heterocycles. The Kier molecular flexibility index (Phi) is 30.5. The van der Waals surface area contributed by atoms with Gasteiger partial charge < -0.3 is 15.5 Å². The molecule has 1 amide bonds. The zero-order valence-corrected chi connectivity index (χ0v) is 43.1. The minimum Gasteiger partial charge on any atom is -0.364 e. The third-order valence-corrected chi connectivity index (χ3v) is 15.4. The van der Waals surface area contributed by atoms with Crippen LogP contribution in [0.3, 0.4) is 0 Å². The molecule has 1 spiro atoms. The lowest BCUT2D eigenvalue weighted by atomic mass is 9.74. The van der Waals surface area contributed by atoms with Crippen LogP contribution in [-0.2, 0) is 11.8 Å². The lowest BCUT2D eigenvalue weighted by Crippen LogP contribution is -2.40. The number of amides is 1. The molecule has 0 aromatic carbocycles. The van der Waals surface area contributed by atoms with Crippen molar-refractivity contribution in [1.82, 2.24) is 24.6 Å². The number of likely N-dealkylation sites (tertiary alicyclic amines) is 1. The van der Waals surface area contributed by atoms with Crippen LogP contribution in [0, 0.1) is 16.7 Å². The summed E-state index contributed by atoms with van der Waals surface area (Å²) in [6.45, 7) is 1.22. The number of hydrogen-bond acceptors (Lipinski definition) is 7. The smallest absolute Gasteiger partial charge is 0.236 e. The number of carbonyl (C=O) groups is 1. The lowest BCUT2D eigenvalue weighted by molar-refractivity contribution is -0.129. The van der Waals surface area contributed by atoms with E-state index < -0.39 is 0 Å². The third-order valence-electron chi connectivity index (χ3n) is 15.1. The van der Waals surface area contributed by atoms with Crippen LogP contribution in [0.1, 0.15) is 270 Å². The third kappa shape index (κ3) is 24.4. The Morgan fingerprint density at radius 1 is 0.621 bits per heavy atom. The number of rotatable bonds is 5. The SMILES string of the molecule is Cn1cc(Nc2ncc(Cl)c(NC3CN(C(=O)CC#N)CC34CCCCCCCCCCCCCCCCCCCCCCCCCCCCCCCCCCCCCCCCC4)n2)cn1. The second-order valence-corrected chi connectivity index (χ2v) is 21.3. The lowest BCUT2D eigenvalue weighted by Gasteiger charge is -2.36. The van der Waals surface area contributed by atoms with Gasteiger partial charge in [-0.1, -0.05) is 262 Å². The van der Waals surface area contributed by atoms with E-state index in [1.807, 2.05) is 18.1 Å². The number of nitrogens with one attached hydrogen (secondary N) is 2. The fourth-order valence-corrected chi connectivity index (χ4v) is 11.1. The summed E-state index contributed by atoms with van der Waals surface area (Å²) >= 11 is 6.79. The number of nitrogens with zero attached hydrogens (tertiary/aromatic N) is 6. The maximum absolute atomic E-state index is 13.4. The van der Waals surface area contributed by atoms with Crippen LogP contribution >= 0.6 is 11.6 Å². The Morgan fingerprint density at radius 3 is 1.32 bits per heavy atom. The van der Waals surface area contributed by atoms with Crippen molar-refractivity contribution >= 4 is 35.0 Å². The summed E-state index contributed by atoms with van der Waals surface area (Å²) in [5, 5.41) is 21.2. The van der Waals surface area contributed by atoms with Gasteiger partial charge >= 0.3 is 0 Å². The van der Waals surface area contributed by atoms with E-state index in [2.05, 4.69) is 26.8 Å². The van der Waals surface area contributed by atoms with Crippen molar-refractivity contribution in [3.63, 3.8) is 0 Å². The molecule has 1 unspecified atom stereocenters. The highest BCUT2D eigenvalue weighted by molar-refractivity contribution is 6.32. The second kappa shape index (κ2) is 36.2. The van der Waals surface area contributed by atoms with Crippen molar-refractivity contribution in [2.24, 2.45) is 12.5 Å². The first kappa shape index (κ1) is 55.7. The predicted molar refractivity (Wildman–Crippen MR) is 279 cm³/mol. The maximum Gasteiger partial charge on any atom is 0.236 e. The van der Waals surface area contributed by atoms with E-state index in [0.717, 1.165) is 31.4 Å². The van der Waals surface area contributed by atoms with Crippen molar-refractivity contribution in [2.75, 3.05) is 23.7 Å². The van der Waals surface area contributed by atoms with Crippen LogP contribution in [0.25, 0.3) is 0 Å². The van der Waals surface area contributed by atoms with Gasteiger partial charge in [0, 0.05) is 31.7 Å². The highest BCUT2D eigenvalue weighted by atomic mass is 35.5. The summed E-state index contributed by atoms with van der Waals surface area (Å²) < 4.78 is 1.73. The average molecular weight is 934 g/mol. The van der Waals surface area contributed by atoms with Crippen LogP contribution in [0.4, 0.5) is 17.5 Å². The van der Waals surface area contributed by atoms with E-state index in [1.165, 1.54) is 238 Å². The van der Waals surface area contributed by atoms with Crippen LogP contribution in [-0.4, -0.2) is 49.7 Å². The molecule has 0 radical (unpaired) electrons. The van der Waals surface area contributed by atoms with Gasteiger partial charge in [-0.05, 0) is 12.8 Å². The summed E-state index contributed by atoms with van der Waals surface area (Å²) in [4.78, 5) is 24.6. The minimum atomic E-state index is -0.123. The van der Waals surface area contributed by atoms with Crippen molar-refractivity contribution in [3.8, 4) is 6.07 Å². The van der Waals surface area contributed by atoms with Gasteiger partial charge in [0.1, 0.15) is 11.4 Å². The van der Waals surface area contributed by atoms with Crippen molar-refractivity contribution in [3.05, 3.63) is 23.6 Å². The zero-order valence-electron chi connectivity index (χ0n) is 42.4. The average Bonchev–Trinajstić information content (AvgIpc) is 3.89. The van der Waals surface area contributed by atoms with E-state index >= 15 is 0 Å². The molecule has 2 aromatic rings. The Balaban J connectivity index is 1.27. The first-order valence-electron chi connectivity index (χ1n) is 28.2. The van der Waals surface area contributed by atoms with Crippen molar-refractivity contribution in [1.29, 1.82) is 5.26 Å². The first-order valence-corrected chi connectivity index (χ1v) is 28.6. The fraction of sp³-hybridized carbons (Fsp3) is 0.839. The van der Waals surface area contributed by atoms with Gasteiger partial charge in [0.2, 0.25) is 11.9 Å². The number of anilines is 3. The van der Waals surface area contributed by atoms with E-state index in [9.17, 15) is 10.1 Å². The summed E-state index contributed by atoms with van der Waals surface area (Å²) in [5.41, 5.74) is 0.677. The predicted octanol–water partition coefficient (Wildman–Crippen LogP) is 17.1. The number of hydrogen-bond donors (Lipinski definition) is 2. The standard InChI is InChI=1S/C56H97ClN8O/c1-64-47-50(45-60-64)61-55-59-46-51(57)54(63-55)62-52-48-65(53(66)41-44-58)49-56(52)42-39-37-35-33-31-29-27-25-23-21-19-17-15-13-11-9-7-5-3-2-4-6-8-10-12-14-16-18-20-22-24-26-28-30-32-34-36-38-40-43-56/h45-47,52H,2-43,48-49H2,1H3,(H2,59,61,62,63).